The van der Waals surface area contributed by atoms with Gasteiger partial charge in [0.2, 0.25) is 0 Å². The molecule has 19 heavy (non-hydrogen) atoms. The number of amides is 2. The van der Waals surface area contributed by atoms with E-state index in [0.29, 0.717) is 0 Å². The maximum Gasteiger partial charge on any atom is 0.429 e. The zero-order valence-electron chi connectivity index (χ0n) is 13.2. The Balaban J connectivity index is 4.67. The normalized spacial score (nSPS) is 12.1. The van der Waals surface area contributed by atoms with Crippen molar-refractivity contribution in [1.29, 1.82) is 0 Å². The first kappa shape index (κ1) is 17.5. The molecular weight excluding hydrogens is 248 g/mol. The van der Waals surface area contributed by atoms with Crippen molar-refractivity contribution in [3.8, 4) is 0 Å². The van der Waals surface area contributed by atoms with E-state index in [9.17, 15) is 9.59 Å². The summed E-state index contributed by atoms with van der Waals surface area (Å²) in [7, 11) is 0. The third kappa shape index (κ3) is 8.29. The highest BCUT2D eigenvalue weighted by atomic mass is 16.6. The Morgan fingerprint density at radius 3 is 1.68 bits per heavy atom. The molecule has 2 amide bonds. The van der Waals surface area contributed by atoms with E-state index in [1.807, 2.05) is 0 Å². The minimum absolute atomic E-state index is 0.248. The van der Waals surface area contributed by atoms with Gasteiger partial charge in [0.1, 0.15) is 11.2 Å². The Bertz CT molecular complexity index is 327. The monoisotopic (exact) mass is 274 g/mol. The molecular formula is C13H26N2O4. The molecule has 1 N–H and O–H groups in total. The molecule has 0 atom stereocenters. The van der Waals surface area contributed by atoms with Gasteiger partial charge >= 0.3 is 12.2 Å². The van der Waals surface area contributed by atoms with Crippen LogP contribution in [0.3, 0.4) is 0 Å². The fraction of sp³-hybridized carbons (Fsp3) is 0.846. The van der Waals surface area contributed by atoms with E-state index in [1.54, 1.807) is 55.4 Å². The van der Waals surface area contributed by atoms with Gasteiger partial charge in [-0.05, 0) is 55.4 Å². The van der Waals surface area contributed by atoms with Crippen LogP contribution in [-0.2, 0) is 9.47 Å². The van der Waals surface area contributed by atoms with Gasteiger partial charge in [0, 0.05) is 0 Å². The highest BCUT2D eigenvalue weighted by Gasteiger charge is 2.27. The van der Waals surface area contributed by atoms with Gasteiger partial charge in [-0.15, -0.1) is 0 Å². The second kappa shape index (κ2) is 6.12. The summed E-state index contributed by atoms with van der Waals surface area (Å²) in [6.45, 7) is 14.1. The van der Waals surface area contributed by atoms with Gasteiger partial charge in [-0.3, -0.25) is 0 Å². The van der Waals surface area contributed by atoms with Crippen LogP contribution in [0.5, 0.6) is 0 Å². The molecule has 0 rings (SSSR count). The van der Waals surface area contributed by atoms with Crippen molar-refractivity contribution >= 4 is 12.2 Å². The van der Waals surface area contributed by atoms with Gasteiger partial charge in [-0.25, -0.2) is 20.0 Å². The molecule has 0 radical (unpaired) electrons. The molecule has 0 spiro atoms. The van der Waals surface area contributed by atoms with Gasteiger partial charge in [-0.2, -0.15) is 0 Å². The van der Waals surface area contributed by atoms with Crippen LogP contribution in [0.1, 0.15) is 55.4 Å². The molecule has 0 aromatic rings. The topological polar surface area (TPSA) is 67.9 Å². The number of hydrogen-bond donors (Lipinski definition) is 1. The number of hydrogen-bond acceptors (Lipinski definition) is 4. The lowest BCUT2D eigenvalue weighted by molar-refractivity contribution is -0.00589. The molecule has 0 heterocycles. The fourth-order valence-electron chi connectivity index (χ4n) is 1.10. The van der Waals surface area contributed by atoms with Crippen LogP contribution >= 0.6 is 0 Å². The standard InChI is InChI=1S/C13H26N2O4/c1-9(2)15(11(17)19-13(6,7)8)14-10(16)18-12(3,4)5/h9H,1-8H3,(H,14,16). The fourth-order valence-corrected chi connectivity index (χ4v) is 1.10. The van der Waals surface area contributed by atoms with Gasteiger partial charge < -0.3 is 9.47 Å². The number of carbonyl (C=O) groups is 2. The minimum atomic E-state index is -0.688. The average Bonchev–Trinajstić information content (AvgIpc) is 2.07. The molecule has 0 aliphatic carbocycles. The maximum atomic E-state index is 11.9. The summed E-state index contributed by atoms with van der Waals surface area (Å²) in [5.74, 6) is 0. The van der Waals surface area contributed by atoms with E-state index in [2.05, 4.69) is 5.43 Å². The molecule has 0 aliphatic rings. The Morgan fingerprint density at radius 1 is 0.947 bits per heavy atom. The molecule has 0 aliphatic heterocycles. The van der Waals surface area contributed by atoms with Crippen LogP contribution in [-0.4, -0.2) is 34.4 Å². The van der Waals surface area contributed by atoms with Crippen molar-refractivity contribution in [3.63, 3.8) is 0 Å². The van der Waals surface area contributed by atoms with Crippen molar-refractivity contribution in [1.82, 2.24) is 10.4 Å². The largest absolute Gasteiger partial charge is 0.443 e. The molecule has 112 valence electrons. The van der Waals surface area contributed by atoms with E-state index in [0.717, 1.165) is 5.01 Å². The lowest BCUT2D eigenvalue weighted by Crippen LogP contribution is -2.52. The summed E-state index contributed by atoms with van der Waals surface area (Å²) in [5, 5.41) is 1.11. The second-order valence-electron chi connectivity index (χ2n) is 6.56. The Hall–Kier alpha value is -1.46. The predicted molar refractivity (Wildman–Crippen MR) is 72.6 cm³/mol. The van der Waals surface area contributed by atoms with Crippen molar-refractivity contribution in [2.45, 2.75) is 72.6 Å². The Kier molecular flexibility index (Phi) is 5.65. The highest BCUT2D eigenvalue weighted by Crippen LogP contribution is 2.11. The molecule has 6 heteroatoms. The lowest BCUT2D eigenvalue weighted by Gasteiger charge is -2.30. The SMILES string of the molecule is CC(C)N(NC(=O)OC(C)(C)C)C(=O)OC(C)(C)C. The quantitative estimate of drug-likeness (QED) is 0.746. The lowest BCUT2D eigenvalue weighted by atomic mass is 10.2. The van der Waals surface area contributed by atoms with Crippen LogP contribution < -0.4 is 5.43 Å². The van der Waals surface area contributed by atoms with Crippen molar-refractivity contribution < 1.29 is 19.1 Å². The van der Waals surface area contributed by atoms with Crippen LogP contribution in [0.2, 0.25) is 0 Å². The number of ether oxygens (including phenoxy) is 2. The molecule has 0 fully saturated rings. The van der Waals surface area contributed by atoms with E-state index >= 15 is 0 Å². The molecule has 0 aromatic carbocycles. The van der Waals surface area contributed by atoms with Gasteiger partial charge in [-0.1, -0.05) is 0 Å². The molecule has 0 bridgehead atoms. The van der Waals surface area contributed by atoms with Crippen LogP contribution in [0.4, 0.5) is 9.59 Å². The number of rotatable bonds is 1. The summed E-state index contributed by atoms with van der Waals surface area (Å²) in [5.41, 5.74) is 1.14. The van der Waals surface area contributed by atoms with Crippen molar-refractivity contribution in [2.75, 3.05) is 0 Å². The summed E-state index contributed by atoms with van der Waals surface area (Å²) in [6, 6.07) is -0.248. The molecule has 0 unspecified atom stereocenters. The van der Waals surface area contributed by atoms with Gasteiger partial charge in [0.25, 0.3) is 0 Å². The molecule has 6 nitrogen and oxygen atoms in total. The first-order valence-electron chi connectivity index (χ1n) is 6.33. The first-order chi connectivity index (χ1) is 8.32. The average molecular weight is 274 g/mol. The van der Waals surface area contributed by atoms with E-state index in [1.165, 1.54) is 0 Å². The highest BCUT2D eigenvalue weighted by molar-refractivity contribution is 5.74. The first-order valence-corrected chi connectivity index (χ1v) is 6.33. The van der Waals surface area contributed by atoms with Gasteiger partial charge in [0.15, 0.2) is 0 Å². The summed E-state index contributed by atoms with van der Waals surface area (Å²) in [6.07, 6.45) is -1.31. The van der Waals surface area contributed by atoms with Crippen molar-refractivity contribution in [3.05, 3.63) is 0 Å². The van der Waals surface area contributed by atoms with Crippen molar-refractivity contribution in [2.24, 2.45) is 0 Å². The summed E-state index contributed by atoms with van der Waals surface area (Å²) < 4.78 is 10.3. The van der Waals surface area contributed by atoms with Crippen LogP contribution in [0.15, 0.2) is 0 Å². The zero-order chi connectivity index (χ0) is 15.4. The van der Waals surface area contributed by atoms with E-state index < -0.39 is 23.4 Å². The van der Waals surface area contributed by atoms with E-state index in [4.69, 9.17) is 9.47 Å². The third-order valence-corrected chi connectivity index (χ3v) is 1.72. The van der Waals surface area contributed by atoms with E-state index in [-0.39, 0.29) is 6.04 Å². The summed E-state index contributed by atoms with van der Waals surface area (Å²) >= 11 is 0. The number of hydrazine groups is 1. The zero-order valence-corrected chi connectivity index (χ0v) is 13.2. The maximum absolute atomic E-state index is 11.9. The number of nitrogens with zero attached hydrogens (tertiary/aromatic N) is 1. The summed E-state index contributed by atoms with van der Waals surface area (Å²) in [4.78, 5) is 23.6. The Labute approximate surface area is 115 Å². The molecule has 0 aromatic heterocycles. The number of carbonyl (C=O) groups excluding carboxylic acids is 2. The smallest absolute Gasteiger partial charge is 0.429 e. The number of nitrogens with one attached hydrogen (secondary N) is 1. The Morgan fingerprint density at radius 2 is 1.37 bits per heavy atom. The third-order valence-electron chi connectivity index (χ3n) is 1.72. The van der Waals surface area contributed by atoms with Crippen LogP contribution in [0.25, 0.3) is 0 Å². The second-order valence-corrected chi connectivity index (χ2v) is 6.56. The predicted octanol–water partition coefficient (Wildman–Crippen LogP) is 3.07. The minimum Gasteiger partial charge on any atom is -0.443 e. The van der Waals surface area contributed by atoms with Crippen LogP contribution in [0, 0.1) is 0 Å². The molecule has 0 saturated carbocycles. The molecule has 0 saturated heterocycles. The van der Waals surface area contributed by atoms with Gasteiger partial charge in [0.05, 0.1) is 6.04 Å².